The van der Waals surface area contributed by atoms with Crippen LogP contribution in [0.2, 0.25) is 0 Å². The van der Waals surface area contributed by atoms with Crippen molar-refractivity contribution in [2.45, 2.75) is 90.9 Å². The van der Waals surface area contributed by atoms with Crippen molar-refractivity contribution in [1.29, 1.82) is 0 Å². The number of aromatic nitrogens is 4. The van der Waals surface area contributed by atoms with Crippen molar-refractivity contribution in [3.05, 3.63) is 66.3 Å². The Morgan fingerprint density at radius 1 is 1.02 bits per heavy atom. The van der Waals surface area contributed by atoms with Gasteiger partial charge in [0.1, 0.15) is 17.4 Å². The van der Waals surface area contributed by atoms with E-state index in [1.54, 1.807) is 13.1 Å². The number of rotatable bonds is 17. The van der Waals surface area contributed by atoms with E-state index in [4.69, 9.17) is 14.5 Å². The van der Waals surface area contributed by atoms with E-state index >= 15 is 0 Å². The molecule has 1 aromatic carbocycles. The maximum Gasteiger partial charge on any atom is 0.344 e. The molecule has 2 aromatic heterocycles. The van der Waals surface area contributed by atoms with E-state index in [1.807, 2.05) is 36.7 Å². The van der Waals surface area contributed by atoms with Crippen molar-refractivity contribution in [2.24, 2.45) is 5.41 Å². The molecule has 2 fully saturated rings. The predicted octanol–water partition coefficient (Wildman–Crippen LogP) is 4.99. The molecule has 246 valence electrons. The number of aryl methyl sites for hydroxylation is 1. The number of nitrogens with zero attached hydrogens (tertiary/aromatic N) is 5. The fourth-order valence-electron chi connectivity index (χ4n) is 7.20. The first-order chi connectivity index (χ1) is 22.0. The smallest absolute Gasteiger partial charge is 0.344 e. The summed E-state index contributed by atoms with van der Waals surface area (Å²) in [5, 5.41) is 3.67. The van der Waals surface area contributed by atoms with Crippen molar-refractivity contribution in [2.75, 3.05) is 45.9 Å². The Labute approximate surface area is 268 Å². The SMILES string of the molecule is CCOC(=O)COc1ccc(CNC(Cc2nccn2CCCN2CCC3(CCN(C(CC)CC)CC3)C2)c2ncc[nH]2)cc1. The molecule has 1 atom stereocenters. The summed E-state index contributed by atoms with van der Waals surface area (Å²) in [5.41, 5.74) is 1.66. The number of hydrogen-bond acceptors (Lipinski definition) is 8. The molecule has 10 nitrogen and oxygen atoms in total. The second-order valence-electron chi connectivity index (χ2n) is 12.8. The molecular weight excluding hydrogens is 566 g/mol. The Balaban J connectivity index is 1.09. The van der Waals surface area contributed by atoms with E-state index < -0.39 is 0 Å². The standard InChI is InChI=1S/C35H53N7O3/c1-4-29(5-2)41-21-13-35(14-22-41)12-20-40(27-35)18-7-19-42-23-17-36-32(42)24-31(34-37-15-16-38-34)39-25-28-8-10-30(11-9-28)45-26-33(43)44-6-3/h8-11,15-17,23,29,31,39H,4-7,12-14,18-22,24-27H2,1-3H3,(H,37,38). The van der Waals surface area contributed by atoms with Gasteiger partial charge in [-0.2, -0.15) is 0 Å². The van der Waals surface area contributed by atoms with Gasteiger partial charge in [0.15, 0.2) is 6.61 Å². The van der Waals surface area contributed by atoms with Gasteiger partial charge in [0.05, 0.1) is 12.6 Å². The normalized spacial score (nSPS) is 17.7. The zero-order chi connectivity index (χ0) is 31.5. The zero-order valence-electron chi connectivity index (χ0n) is 27.5. The summed E-state index contributed by atoms with van der Waals surface area (Å²) in [4.78, 5) is 29.6. The van der Waals surface area contributed by atoms with Crippen LogP contribution in [-0.2, 0) is 29.0 Å². The number of benzene rings is 1. The molecule has 5 rings (SSSR count). The van der Waals surface area contributed by atoms with Crippen LogP contribution in [0, 0.1) is 5.41 Å². The number of nitrogens with one attached hydrogen (secondary N) is 2. The van der Waals surface area contributed by atoms with Gasteiger partial charge in [-0.15, -0.1) is 0 Å². The summed E-state index contributed by atoms with van der Waals surface area (Å²) < 4.78 is 12.8. The molecule has 0 radical (unpaired) electrons. The first-order valence-electron chi connectivity index (χ1n) is 17.1. The molecular formula is C35H53N7O3. The van der Waals surface area contributed by atoms with E-state index in [0.29, 0.717) is 24.3 Å². The van der Waals surface area contributed by atoms with Crippen LogP contribution in [-0.4, -0.2) is 87.3 Å². The first kappa shape index (κ1) is 33.2. The largest absolute Gasteiger partial charge is 0.482 e. The maximum atomic E-state index is 11.6. The van der Waals surface area contributed by atoms with Gasteiger partial charge in [-0.1, -0.05) is 26.0 Å². The molecule has 10 heteroatoms. The fraction of sp³-hybridized carbons (Fsp3) is 0.629. The number of hydrogen-bond donors (Lipinski definition) is 2. The Kier molecular flexibility index (Phi) is 12.1. The van der Waals surface area contributed by atoms with Gasteiger partial charge >= 0.3 is 5.97 Å². The summed E-state index contributed by atoms with van der Waals surface area (Å²) in [6.07, 6.45) is 16.2. The number of likely N-dealkylation sites (tertiary alicyclic amines) is 2. The summed E-state index contributed by atoms with van der Waals surface area (Å²) in [5.74, 6) is 2.24. The van der Waals surface area contributed by atoms with Crippen molar-refractivity contribution in [3.8, 4) is 5.75 Å². The summed E-state index contributed by atoms with van der Waals surface area (Å²) >= 11 is 0. The molecule has 1 spiro atoms. The third kappa shape index (κ3) is 9.17. The zero-order valence-corrected chi connectivity index (χ0v) is 27.5. The van der Waals surface area contributed by atoms with Gasteiger partial charge in [-0.25, -0.2) is 14.8 Å². The van der Waals surface area contributed by atoms with Gasteiger partial charge in [0, 0.05) is 56.9 Å². The lowest BCUT2D eigenvalue weighted by Crippen LogP contribution is -2.45. The molecule has 0 amide bonds. The minimum Gasteiger partial charge on any atom is -0.482 e. The number of imidazole rings is 2. The number of piperidine rings is 1. The Morgan fingerprint density at radius 3 is 2.51 bits per heavy atom. The number of esters is 1. The topological polar surface area (TPSA) is 101 Å². The van der Waals surface area contributed by atoms with Crippen LogP contribution in [0.4, 0.5) is 0 Å². The molecule has 45 heavy (non-hydrogen) atoms. The van der Waals surface area contributed by atoms with Crippen LogP contribution in [0.15, 0.2) is 49.1 Å². The molecule has 0 bridgehead atoms. The number of aromatic amines is 1. The highest BCUT2D eigenvalue weighted by Gasteiger charge is 2.40. The minimum absolute atomic E-state index is 0.00906. The van der Waals surface area contributed by atoms with Crippen LogP contribution >= 0.6 is 0 Å². The molecule has 2 aliphatic rings. The van der Waals surface area contributed by atoms with Crippen LogP contribution in [0.1, 0.15) is 82.6 Å². The van der Waals surface area contributed by atoms with Crippen LogP contribution in [0.25, 0.3) is 0 Å². The van der Waals surface area contributed by atoms with Crippen molar-refractivity contribution >= 4 is 5.97 Å². The molecule has 1 unspecified atom stereocenters. The number of carbonyl (C=O) groups excluding carboxylic acids is 1. The van der Waals surface area contributed by atoms with Crippen molar-refractivity contribution in [3.63, 3.8) is 0 Å². The maximum absolute atomic E-state index is 11.6. The molecule has 2 aliphatic heterocycles. The molecule has 3 aromatic rings. The third-order valence-electron chi connectivity index (χ3n) is 9.88. The van der Waals surface area contributed by atoms with Crippen LogP contribution in [0.3, 0.4) is 0 Å². The predicted molar refractivity (Wildman–Crippen MR) is 176 cm³/mol. The van der Waals surface area contributed by atoms with Crippen molar-refractivity contribution in [1.82, 2.24) is 34.6 Å². The highest BCUT2D eigenvalue weighted by molar-refractivity contribution is 5.71. The monoisotopic (exact) mass is 619 g/mol. The second-order valence-corrected chi connectivity index (χ2v) is 12.8. The summed E-state index contributed by atoms with van der Waals surface area (Å²) in [6, 6.07) is 8.53. The van der Waals surface area contributed by atoms with Gasteiger partial charge in [-0.05, 0) is 94.7 Å². The lowest BCUT2D eigenvalue weighted by Gasteiger charge is -2.42. The number of ether oxygens (including phenoxy) is 2. The Bertz CT molecular complexity index is 1280. The first-order valence-corrected chi connectivity index (χ1v) is 17.1. The number of carbonyl (C=O) groups is 1. The Morgan fingerprint density at radius 2 is 1.80 bits per heavy atom. The highest BCUT2D eigenvalue weighted by Crippen LogP contribution is 2.41. The average molecular weight is 620 g/mol. The average Bonchev–Trinajstić information content (AvgIpc) is 3.83. The Hall–Kier alpha value is -3.21. The van der Waals surface area contributed by atoms with E-state index in [0.717, 1.165) is 49.2 Å². The van der Waals surface area contributed by atoms with Gasteiger partial charge < -0.3 is 34.1 Å². The minimum atomic E-state index is -0.365. The van der Waals surface area contributed by atoms with E-state index in [2.05, 4.69) is 49.7 Å². The molecule has 0 saturated carbocycles. The fourth-order valence-corrected chi connectivity index (χ4v) is 7.20. The summed E-state index contributed by atoms with van der Waals surface area (Å²) in [7, 11) is 0. The number of H-pyrrole nitrogens is 1. The van der Waals surface area contributed by atoms with Gasteiger partial charge in [-0.3, -0.25) is 0 Å². The molecule has 4 heterocycles. The second kappa shape index (κ2) is 16.4. The third-order valence-corrected chi connectivity index (χ3v) is 9.88. The van der Waals surface area contributed by atoms with E-state index in [9.17, 15) is 4.79 Å². The quantitative estimate of drug-likeness (QED) is 0.204. The molecule has 2 N–H and O–H groups in total. The van der Waals surface area contributed by atoms with Crippen molar-refractivity contribution < 1.29 is 14.3 Å². The van der Waals surface area contributed by atoms with Crippen LogP contribution < -0.4 is 10.1 Å². The van der Waals surface area contributed by atoms with E-state index in [1.165, 1.54) is 58.3 Å². The lowest BCUT2D eigenvalue weighted by atomic mass is 9.77. The van der Waals surface area contributed by atoms with Gasteiger partial charge in [0.2, 0.25) is 0 Å². The molecule has 0 aliphatic carbocycles. The summed E-state index contributed by atoms with van der Waals surface area (Å²) in [6.45, 7) is 14.6. The highest BCUT2D eigenvalue weighted by atomic mass is 16.6. The lowest BCUT2D eigenvalue weighted by molar-refractivity contribution is -0.145. The van der Waals surface area contributed by atoms with Gasteiger partial charge in [0.25, 0.3) is 0 Å². The molecule has 2 saturated heterocycles. The van der Waals surface area contributed by atoms with Crippen LogP contribution in [0.5, 0.6) is 5.75 Å². The van der Waals surface area contributed by atoms with E-state index in [-0.39, 0.29) is 18.6 Å².